The molecule has 3 atom stereocenters. The summed E-state index contributed by atoms with van der Waals surface area (Å²) in [4.78, 5) is 10.7. The predicted octanol–water partition coefficient (Wildman–Crippen LogP) is 3.81. The highest BCUT2D eigenvalue weighted by Crippen LogP contribution is 2.53. The van der Waals surface area contributed by atoms with Crippen LogP contribution in [0, 0.1) is 17.1 Å². The van der Waals surface area contributed by atoms with Crippen molar-refractivity contribution in [1.82, 2.24) is 0 Å². The summed E-state index contributed by atoms with van der Waals surface area (Å²) in [6.07, 6.45) is -4.62. The van der Waals surface area contributed by atoms with Crippen LogP contribution in [0.1, 0.15) is 35.2 Å². The number of rotatable bonds is 5. The highest BCUT2D eigenvalue weighted by atomic mass is 32.2. The Labute approximate surface area is 164 Å². The molecule has 152 valence electrons. The van der Waals surface area contributed by atoms with Gasteiger partial charge in [-0.15, -0.1) is 0 Å². The highest BCUT2D eigenvalue weighted by molar-refractivity contribution is 7.90. The molecule has 0 aliphatic heterocycles. The van der Waals surface area contributed by atoms with Gasteiger partial charge in [0.15, 0.2) is 16.0 Å². The Morgan fingerprint density at radius 2 is 1.93 bits per heavy atom. The molecule has 2 aromatic rings. The molecule has 29 heavy (non-hydrogen) atoms. The van der Waals surface area contributed by atoms with Crippen LogP contribution in [0.5, 0.6) is 11.5 Å². The lowest BCUT2D eigenvalue weighted by Gasteiger charge is -2.16. The van der Waals surface area contributed by atoms with Gasteiger partial charge in [0, 0.05) is 23.8 Å². The van der Waals surface area contributed by atoms with Crippen molar-refractivity contribution in [3.8, 4) is 17.6 Å². The smallest absolute Gasteiger partial charge is 0.304 e. The fourth-order valence-corrected chi connectivity index (χ4v) is 4.39. The second-order valence-corrected chi connectivity index (χ2v) is 8.59. The molecule has 3 rings (SSSR count). The van der Waals surface area contributed by atoms with Gasteiger partial charge in [-0.05, 0) is 29.8 Å². The molecular formula is C19H14F3NO5S. The number of ether oxygens (including phenoxy) is 1. The van der Waals surface area contributed by atoms with Crippen molar-refractivity contribution >= 4 is 15.8 Å². The van der Waals surface area contributed by atoms with Crippen molar-refractivity contribution in [2.75, 3.05) is 6.26 Å². The van der Waals surface area contributed by atoms with Gasteiger partial charge >= 0.3 is 5.97 Å². The van der Waals surface area contributed by atoms with Crippen LogP contribution >= 0.6 is 0 Å². The lowest BCUT2D eigenvalue weighted by atomic mass is 9.96. The number of aliphatic carboxylic acids is 1. The molecule has 6 nitrogen and oxygen atoms in total. The van der Waals surface area contributed by atoms with E-state index in [1.165, 1.54) is 6.07 Å². The molecule has 0 fully saturated rings. The molecule has 0 unspecified atom stereocenters. The average Bonchev–Trinajstić information content (AvgIpc) is 2.85. The zero-order valence-electron chi connectivity index (χ0n) is 14.9. The third kappa shape index (κ3) is 3.91. The highest BCUT2D eigenvalue weighted by Gasteiger charge is 2.47. The maximum Gasteiger partial charge on any atom is 0.304 e. The second-order valence-electron chi connectivity index (χ2n) is 6.60. The lowest BCUT2D eigenvalue weighted by Crippen LogP contribution is -2.16. The minimum atomic E-state index is -3.94. The fraction of sp³-hybridized carbons (Fsp3) is 0.263. The van der Waals surface area contributed by atoms with Crippen LogP contribution in [0.15, 0.2) is 35.2 Å². The van der Waals surface area contributed by atoms with Crippen molar-refractivity contribution in [3.05, 3.63) is 52.8 Å². The maximum atomic E-state index is 14.8. The van der Waals surface area contributed by atoms with Gasteiger partial charge in [-0.3, -0.25) is 4.79 Å². The third-order valence-corrected chi connectivity index (χ3v) is 5.69. The first kappa shape index (κ1) is 20.7. The van der Waals surface area contributed by atoms with Gasteiger partial charge in [0.25, 0.3) is 0 Å². The van der Waals surface area contributed by atoms with Gasteiger partial charge in [-0.1, -0.05) is 0 Å². The number of carboxylic acids is 1. The van der Waals surface area contributed by atoms with E-state index in [2.05, 4.69) is 0 Å². The molecule has 1 aliphatic rings. The SMILES string of the molecule is CS(=O)(=O)c1ccc(Oc2cc(F)cc(C#N)c2)c2c1[C@H](CC(=O)O)[C@H](F)[C@@H]2F. The number of alkyl halides is 2. The number of nitrogens with zero attached hydrogens (tertiary/aromatic N) is 1. The second kappa shape index (κ2) is 7.40. The number of nitriles is 1. The lowest BCUT2D eigenvalue weighted by molar-refractivity contribution is -0.137. The van der Waals surface area contributed by atoms with Crippen molar-refractivity contribution in [1.29, 1.82) is 5.26 Å². The fourth-order valence-electron chi connectivity index (χ4n) is 3.41. The molecule has 0 amide bonds. The first-order valence-corrected chi connectivity index (χ1v) is 10.2. The number of hydrogen-bond acceptors (Lipinski definition) is 5. The minimum absolute atomic E-state index is 0.0756. The normalized spacial score (nSPS) is 20.7. The Bertz CT molecular complexity index is 1140. The number of carbonyl (C=O) groups is 1. The molecule has 0 radical (unpaired) electrons. The first-order valence-electron chi connectivity index (χ1n) is 8.28. The molecule has 0 bridgehead atoms. The van der Waals surface area contributed by atoms with Crippen LogP contribution in [0.2, 0.25) is 0 Å². The molecule has 0 heterocycles. The van der Waals surface area contributed by atoms with Crippen molar-refractivity contribution in [2.24, 2.45) is 0 Å². The zero-order chi connectivity index (χ0) is 21.5. The van der Waals surface area contributed by atoms with Gasteiger partial charge in [0.1, 0.15) is 23.5 Å². The Morgan fingerprint density at radius 1 is 1.24 bits per heavy atom. The summed E-state index contributed by atoms with van der Waals surface area (Å²) in [5.74, 6) is -4.22. The maximum absolute atomic E-state index is 14.8. The predicted molar refractivity (Wildman–Crippen MR) is 94.5 cm³/mol. The summed E-state index contributed by atoms with van der Waals surface area (Å²) >= 11 is 0. The number of carboxylic acid groups (broad SMARTS) is 1. The largest absolute Gasteiger partial charge is 0.481 e. The molecule has 1 N–H and O–H groups in total. The first-order chi connectivity index (χ1) is 13.5. The summed E-state index contributed by atoms with van der Waals surface area (Å²) in [7, 11) is -3.94. The van der Waals surface area contributed by atoms with Gasteiger partial charge in [0.05, 0.1) is 22.9 Å². The summed E-state index contributed by atoms with van der Waals surface area (Å²) < 4.78 is 72.7. The molecule has 0 saturated carbocycles. The van der Waals surface area contributed by atoms with Gasteiger partial charge < -0.3 is 9.84 Å². The van der Waals surface area contributed by atoms with E-state index >= 15 is 0 Å². The average molecular weight is 425 g/mol. The summed E-state index contributed by atoms with van der Waals surface area (Å²) in [5.41, 5.74) is -0.813. The van der Waals surface area contributed by atoms with Crippen molar-refractivity contribution < 1.29 is 36.2 Å². The van der Waals surface area contributed by atoms with Crippen molar-refractivity contribution in [2.45, 2.75) is 29.6 Å². The number of sulfone groups is 1. The Balaban J connectivity index is 2.20. The summed E-state index contributed by atoms with van der Waals surface area (Å²) in [6.45, 7) is 0. The summed E-state index contributed by atoms with van der Waals surface area (Å²) in [6, 6.07) is 6.91. The van der Waals surface area contributed by atoms with E-state index in [9.17, 15) is 26.4 Å². The molecular weight excluding hydrogens is 411 g/mol. The minimum Gasteiger partial charge on any atom is -0.481 e. The van der Waals surface area contributed by atoms with Gasteiger partial charge in [0.2, 0.25) is 0 Å². The van der Waals surface area contributed by atoms with Crippen LogP contribution in [-0.4, -0.2) is 31.9 Å². The van der Waals surface area contributed by atoms with Crippen LogP contribution < -0.4 is 4.74 Å². The van der Waals surface area contributed by atoms with E-state index in [4.69, 9.17) is 15.1 Å². The molecule has 0 saturated heterocycles. The van der Waals surface area contributed by atoms with E-state index < -0.39 is 56.8 Å². The van der Waals surface area contributed by atoms with Gasteiger partial charge in [-0.25, -0.2) is 21.6 Å². The Morgan fingerprint density at radius 3 is 2.52 bits per heavy atom. The van der Waals surface area contributed by atoms with E-state index in [0.717, 1.165) is 30.5 Å². The van der Waals surface area contributed by atoms with Crippen LogP contribution in [0.25, 0.3) is 0 Å². The zero-order valence-corrected chi connectivity index (χ0v) is 15.7. The quantitative estimate of drug-likeness (QED) is 0.781. The number of halogens is 3. The standard InChI is InChI=1S/C19H14F3NO5S/c1-29(26,27)14-3-2-13(28-11-5-9(8-23)4-10(20)6-11)17-16(14)12(7-15(24)25)18(21)19(17)22/h2-6,12,18-19H,7H2,1H3,(H,24,25)/t12-,18-,19+/m0/s1. The Kier molecular flexibility index (Phi) is 5.28. The molecule has 0 aromatic heterocycles. The van der Waals surface area contributed by atoms with E-state index in [-0.39, 0.29) is 22.6 Å². The van der Waals surface area contributed by atoms with E-state index in [0.29, 0.717) is 0 Å². The van der Waals surface area contributed by atoms with Crippen LogP contribution in [0.4, 0.5) is 13.2 Å². The molecule has 0 spiro atoms. The van der Waals surface area contributed by atoms with Gasteiger partial charge in [-0.2, -0.15) is 5.26 Å². The number of hydrogen-bond donors (Lipinski definition) is 1. The molecule has 1 aliphatic carbocycles. The van der Waals surface area contributed by atoms with E-state index in [1.54, 1.807) is 6.07 Å². The molecule has 2 aromatic carbocycles. The van der Waals surface area contributed by atoms with Crippen LogP contribution in [-0.2, 0) is 14.6 Å². The monoisotopic (exact) mass is 425 g/mol. The number of fused-ring (bicyclic) bond motifs is 1. The number of benzene rings is 2. The third-order valence-electron chi connectivity index (χ3n) is 4.54. The topological polar surface area (TPSA) is 104 Å². The van der Waals surface area contributed by atoms with Crippen LogP contribution in [0.3, 0.4) is 0 Å². The Hall–Kier alpha value is -3.06. The van der Waals surface area contributed by atoms with E-state index in [1.807, 2.05) is 0 Å². The summed E-state index contributed by atoms with van der Waals surface area (Å²) in [5, 5.41) is 18.0. The van der Waals surface area contributed by atoms with Crippen molar-refractivity contribution in [3.63, 3.8) is 0 Å². The molecule has 10 heteroatoms.